The molecule has 6 nitrogen and oxygen atoms in total. The second-order valence-corrected chi connectivity index (χ2v) is 6.84. The van der Waals surface area contributed by atoms with Crippen molar-refractivity contribution in [3.8, 4) is 0 Å². The summed E-state index contributed by atoms with van der Waals surface area (Å²) in [4.78, 5) is 0.123. The second kappa shape index (κ2) is 6.92. The van der Waals surface area contributed by atoms with Crippen molar-refractivity contribution in [1.29, 1.82) is 0 Å². The van der Waals surface area contributed by atoms with Gasteiger partial charge in [-0.3, -0.25) is 0 Å². The Morgan fingerprint density at radius 1 is 1.50 bits per heavy atom. The quantitative estimate of drug-likeness (QED) is 0.362. The number of rotatable bonds is 6. The molecule has 20 heavy (non-hydrogen) atoms. The van der Waals surface area contributed by atoms with E-state index >= 15 is 0 Å². The van der Waals surface area contributed by atoms with Crippen LogP contribution >= 0.6 is 11.6 Å². The molecule has 0 aliphatic heterocycles. The lowest BCUT2D eigenvalue weighted by Gasteiger charge is -2.25. The number of halogens is 1. The third kappa shape index (κ3) is 4.09. The van der Waals surface area contributed by atoms with Gasteiger partial charge in [-0.1, -0.05) is 22.8 Å². The van der Waals surface area contributed by atoms with E-state index in [1.165, 1.54) is 16.4 Å². The molecule has 1 aromatic rings. The summed E-state index contributed by atoms with van der Waals surface area (Å²) in [7, 11) is -3.67. The molecule has 0 spiro atoms. The minimum atomic E-state index is -3.67. The zero-order valence-electron chi connectivity index (χ0n) is 11.3. The van der Waals surface area contributed by atoms with Gasteiger partial charge in [0, 0.05) is 24.0 Å². The van der Waals surface area contributed by atoms with Crippen molar-refractivity contribution >= 4 is 27.5 Å². The Morgan fingerprint density at radius 2 is 2.15 bits per heavy atom. The summed E-state index contributed by atoms with van der Waals surface area (Å²) in [6, 6.07) is 5.81. The number of nitrogens with two attached hydrogens (primary N) is 1. The van der Waals surface area contributed by atoms with Gasteiger partial charge in [-0.2, -0.15) is 4.31 Å². The van der Waals surface area contributed by atoms with E-state index in [0.717, 1.165) is 0 Å². The molecule has 1 rings (SSSR count). The molecule has 0 saturated carbocycles. The number of oxime groups is 1. The minimum Gasteiger partial charge on any atom is -0.409 e. The Hall–Kier alpha value is -1.31. The Morgan fingerprint density at radius 3 is 2.65 bits per heavy atom. The van der Waals surface area contributed by atoms with Crippen LogP contribution in [0.2, 0.25) is 5.02 Å². The van der Waals surface area contributed by atoms with Gasteiger partial charge >= 0.3 is 0 Å². The predicted molar refractivity (Wildman–Crippen MR) is 78.5 cm³/mol. The number of hydrogen-bond donors (Lipinski definition) is 2. The van der Waals surface area contributed by atoms with Gasteiger partial charge < -0.3 is 10.9 Å². The van der Waals surface area contributed by atoms with Crippen molar-refractivity contribution in [2.24, 2.45) is 10.9 Å². The highest BCUT2D eigenvalue weighted by Crippen LogP contribution is 2.21. The van der Waals surface area contributed by atoms with Crippen LogP contribution in [0.25, 0.3) is 0 Å². The smallest absolute Gasteiger partial charge is 0.243 e. The van der Waals surface area contributed by atoms with E-state index in [0.29, 0.717) is 5.02 Å². The molecule has 0 bridgehead atoms. The molecular weight excluding hydrogens is 302 g/mol. The molecule has 0 radical (unpaired) electrons. The molecule has 0 aliphatic carbocycles. The number of sulfonamides is 1. The zero-order valence-corrected chi connectivity index (χ0v) is 12.9. The maximum absolute atomic E-state index is 12.6. The first-order valence-electron chi connectivity index (χ1n) is 6.03. The SMILES string of the molecule is CC(C)N(CCC(N)=NO)S(=O)(=O)c1cccc(Cl)c1. The molecule has 0 aliphatic rings. The van der Waals surface area contributed by atoms with Gasteiger partial charge in [0.2, 0.25) is 10.0 Å². The molecule has 3 N–H and O–H groups in total. The molecule has 8 heteroatoms. The molecule has 0 heterocycles. The van der Waals surface area contributed by atoms with E-state index in [9.17, 15) is 8.42 Å². The Labute approximate surface area is 123 Å². The van der Waals surface area contributed by atoms with Gasteiger partial charge in [0.1, 0.15) is 5.84 Å². The lowest BCUT2D eigenvalue weighted by atomic mass is 10.3. The lowest BCUT2D eigenvalue weighted by molar-refractivity contribution is 0.313. The van der Waals surface area contributed by atoms with E-state index in [4.69, 9.17) is 22.5 Å². The van der Waals surface area contributed by atoms with Crippen molar-refractivity contribution < 1.29 is 13.6 Å². The van der Waals surface area contributed by atoms with Crippen molar-refractivity contribution in [1.82, 2.24) is 4.31 Å². The fraction of sp³-hybridized carbons (Fsp3) is 0.417. The van der Waals surface area contributed by atoms with E-state index in [1.54, 1.807) is 26.0 Å². The Bertz CT molecular complexity index is 587. The third-order valence-electron chi connectivity index (χ3n) is 2.70. The third-order valence-corrected chi connectivity index (χ3v) is 5.00. The van der Waals surface area contributed by atoms with Gasteiger partial charge in [0.25, 0.3) is 0 Å². The average Bonchev–Trinajstić information content (AvgIpc) is 2.37. The standard InChI is InChI=1S/C12H18ClN3O3S/c1-9(2)16(7-6-12(14)15-17)20(18,19)11-5-3-4-10(13)8-11/h3-5,8-9,17H,6-7H2,1-2H3,(H2,14,15). The average molecular weight is 320 g/mol. The number of amidine groups is 1. The summed E-state index contributed by atoms with van der Waals surface area (Å²) in [5, 5.41) is 11.7. The Balaban J connectivity index is 3.07. The molecule has 1 aromatic carbocycles. The maximum atomic E-state index is 12.6. The highest BCUT2D eigenvalue weighted by atomic mass is 35.5. The molecule has 0 fully saturated rings. The van der Waals surface area contributed by atoms with E-state index in [1.807, 2.05) is 0 Å². The fourth-order valence-electron chi connectivity index (χ4n) is 1.69. The van der Waals surface area contributed by atoms with Crippen molar-refractivity contribution in [3.05, 3.63) is 29.3 Å². The van der Waals surface area contributed by atoms with Crippen molar-refractivity contribution in [2.75, 3.05) is 6.54 Å². The van der Waals surface area contributed by atoms with Gasteiger partial charge in [-0.05, 0) is 32.0 Å². The van der Waals surface area contributed by atoms with Gasteiger partial charge in [0.05, 0.1) is 4.90 Å². The number of benzene rings is 1. The molecular formula is C12H18ClN3O3S. The van der Waals surface area contributed by atoms with Crippen molar-refractivity contribution in [3.63, 3.8) is 0 Å². The van der Waals surface area contributed by atoms with Crippen LogP contribution in [0.5, 0.6) is 0 Å². The molecule has 0 amide bonds. The normalized spacial score (nSPS) is 13.2. The first kappa shape index (κ1) is 16.7. The summed E-state index contributed by atoms with van der Waals surface area (Å²) in [5.74, 6) is -0.0167. The van der Waals surface area contributed by atoms with Gasteiger partial charge in [-0.25, -0.2) is 8.42 Å². The van der Waals surface area contributed by atoms with Crippen LogP contribution in [0, 0.1) is 0 Å². The van der Waals surface area contributed by atoms with Crippen LogP contribution in [0.4, 0.5) is 0 Å². The predicted octanol–water partition coefficient (Wildman–Crippen LogP) is 1.88. The highest BCUT2D eigenvalue weighted by Gasteiger charge is 2.27. The van der Waals surface area contributed by atoms with E-state index in [-0.39, 0.29) is 29.7 Å². The van der Waals surface area contributed by atoms with Crippen LogP contribution in [-0.2, 0) is 10.0 Å². The summed E-state index contributed by atoms with van der Waals surface area (Å²) < 4.78 is 26.4. The summed E-state index contributed by atoms with van der Waals surface area (Å²) in [5.41, 5.74) is 5.38. The van der Waals surface area contributed by atoms with Gasteiger partial charge in [-0.15, -0.1) is 0 Å². The summed E-state index contributed by atoms with van der Waals surface area (Å²) in [6.07, 6.45) is 0.147. The summed E-state index contributed by atoms with van der Waals surface area (Å²) >= 11 is 5.83. The van der Waals surface area contributed by atoms with Crippen LogP contribution in [0.1, 0.15) is 20.3 Å². The maximum Gasteiger partial charge on any atom is 0.243 e. The Kier molecular flexibility index (Phi) is 5.79. The van der Waals surface area contributed by atoms with Crippen LogP contribution in [0.15, 0.2) is 34.3 Å². The first-order valence-corrected chi connectivity index (χ1v) is 7.84. The largest absolute Gasteiger partial charge is 0.409 e. The molecule has 0 aromatic heterocycles. The molecule has 0 unspecified atom stereocenters. The topological polar surface area (TPSA) is 96.0 Å². The van der Waals surface area contributed by atoms with E-state index in [2.05, 4.69) is 5.16 Å². The van der Waals surface area contributed by atoms with E-state index < -0.39 is 10.0 Å². The second-order valence-electron chi connectivity index (χ2n) is 4.51. The fourth-order valence-corrected chi connectivity index (χ4v) is 3.63. The number of nitrogens with zero attached hydrogens (tertiary/aromatic N) is 2. The van der Waals surface area contributed by atoms with Gasteiger partial charge in [0.15, 0.2) is 0 Å². The molecule has 0 saturated heterocycles. The molecule has 112 valence electrons. The molecule has 0 atom stereocenters. The van der Waals surface area contributed by atoms with Crippen LogP contribution in [-0.4, -0.2) is 36.4 Å². The number of hydrogen-bond acceptors (Lipinski definition) is 4. The first-order chi connectivity index (χ1) is 9.28. The lowest BCUT2D eigenvalue weighted by Crippen LogP contribution is -2.39. The van der Waals surface area contributed by atoms with Crippen LogP contribution < -0.4 is 5.73 Å². The minimum absolute atomic E-state index is 0.0167. The zero-order chi connectivity index (χ0) is 15.3. The monoisotopic (exact) mass is 319 g/mol. The summed E-state index contributed by atoms with van der Waals surface area (Å²) in [6.45, 7) is 3.64. The highest BCUT2D eigenvalue weighted by molar-refractivity contribution is 7.89. The van der Waals surface area contributed by atoms with Crippen molar-refractivity contribution in [2.45, 2.75) is 31.2 Å². The van der Waals surface area contributed by atoms with Crippen LogP contribution in [0.3, 0.4) is 0 Å².